The standard InChI is InChI=1S/C21H24ClFN2O2/c1-14(2)24-21(27)15(3)25(13-17-4-8-18(22)9-5-17)20(26)12-16-6-10-19(23)11-7-16/h4-11,14-15H,12-13H2,1-3H3,(H,24,27)/t15-/m1/s1. The van der Waals surface area contributed by atoms with Crippen LogP contribution in [0.15, 0.2) is 48.5 Å². The van der Waals surface area contributed by atoms with Crippen molar-refractivity contribution >= 4 is 23.4 Å². The lowest BCUT2D eigenvalue weighted by Crippen LogP contribution is -2.49. The van der Waals surface area contributed by atoms with Gasteiger partial charge < -0.3 is 10.2 Å². The number of benzene rings is 2. The van der Waals surface area contributed by atoms with Gasteiger partial charge >= 0.3 is 0 Å². The first-order valence-electron chi connectivity index (χ1n) is 8.85. The zero-order chi connectivity index (χ0) is 20.0. The van der Waals surface area contributed by atoms with Gasteiger partial charge in [0.1, 0.15) is 11.9 Å². The molecular weight excluding hydrogens is 367 g/mol. The Morgan fingerprint density at radius 2 is 1.56 bits per heavy atom. The highest BCUT2D eigenvalue weighted by molar-refractivity contribution is 6.30. The van der Waals surface area contributed by atoms with Gasteiger partial charge in [-0.05, 0) is 56.2 Å². The van der Waals surface area contributed by atoms with E-state index < -0.39 is 6.04 Å². The number of nitrogens with zero attached hydrogens (tertiary/aromatic N) is 1. The molecule has 6 heteroatoms. The topological polar surface area (TPSA) is 49.4 Å². The van der Waals surface area contributed by atoms with Crippen molar-refractivity contribution in [2.45, 2.75) is 45.8 Å². The SMILES string of the molecule is CC(C)NC(=O)[C@@H](C)N(Cc1ccc(Cl)cc1)C(=O)Cc1ccc(F)cc1. The molecule has 144 valence electrons. The fraction of sp³-hybridized carbons (Fsp3) is 0.333. The molecule has 0 saturated heterocycles. The van der Waals surface area contributed by atoms with Crippen LogP contribution in [0, 0.1) is 5.82 Å². The zero-order valence-corrected chi connectivity index (χ0v) is 16.5. The third-order valence-electron chi connectivity index (χ3n) is 4.13. The van der Waals surface area contributed by atoms with Gasteiger partial charge in [0.15, 0.2) is 0 Å². The van der Waals surface area contributed by atoms with E-state index in [0.29, 0.717) is 10.6 Å². The van der Waals surface area contributed by atoms with E-state index in [-0.39, 0.29) is 36.6 Å². The van der Waals surface area contributed by atoms with Crippen LogP contribution in [0.5, 0.6) is 0 Å². The van der Waals surface area contributed by atoms with Crippen molar-refractivity contribution in [2.75, 3.05) is 0 Å². The maximum atomic E-state index is 13.1. The van der Waals surface area contributed by atoms with E-state index in [1.165, 1.54) is 17.0 Å². The number of nitrogens with one attached hydrogen (secondary N) is 1. The Kier molecular flexibility index (Phi) is 7.36. The summed E-state index contributed by atoms with van der Waals surface area (Å²) < 4.78 is 13.1. The summed E-state index contributed by atoms with van der Waals surface area (Å²) in [4.78, 5) is 26.9. The first-order valence-corrected chi connectivity index (χ1v) is 9.23. The molecule has 0 aromatic heterocycles. The van der Waals surface area contributed by atoms with Crippen molar-refractivity contribution < 1.29 is 14.0 Å². The quantitative estimate of drug-likeness (QED) is 0.777. The van der Waals surface area contributed by atoms with E-state index >= 15 is 0 Å². The number of carbonyl (C=O) groups excluding carboxylic acids is 2. The van der Waals surface area contributed by atoms with Crippen LogP contribution >= 0.6 is 11.6 Å². The maximum Gasteiger partial charge on any atom is 0.242 e. The van der Waals surface area contributed by atoms with Gasteiger partial charge in [-0.3, -0.25) is 9.59 Å². The van der Waals surface area contributed by atoms with Crippen molar-refractivity contribution in [3.63, 3.8) is 0 Å². The minimum absolute atomic E-state index is 0.0236. The molecule has 0 saturated carbocycles. The average Bonchev–Trinajstić information content (AvgIpc) is 2.62. The molecule has 2 rings (SSSR count). The highest BCUT2D eigenvalue weighted by atomic mass is 35.5. The van der Waals surface area contributed by atoms with Gasteiger partial charge in [-0.25, -0.2) is 4.39 Å². The van der Waals surface area contributed by atoms with E-state index in [0.717, 1.165) is 5.56 Å². The van der Waals surface area contributed by atoms with Crippen LogP contribution in [0.3, 0.4) is 0 Å². The summed E-state index contributed by atoms with van der Waals surface area (Å²) in [5, 5.41) is 3.45. The van der Waals surface area contributed by atoms with Gasteiger partial charge in [0.2, 0.25) is 11.8 Å². The lowest BCUT2D eigenvalue weighted by atomic mass is 10.1. The summed E-state index contributed by atoms with van der Waals surface area (Å²) in [7, 11) is 0. The molecule has 2 aromatic carbocycles. The molecule has 0 spiro atoms. The van der Waals surface area contributed by atoms with E-state index in [9.17, 15) is 14.0 Å². The van der Waals surface area contributed by atoms with Gasteiger partial charge in [0, 0.05) is 17.6 Å². The van der Waals surface area contributed by atoms with Gasteiger partial charge in [0.25, 0.3) is 0 Å². The van der Waals surface area contributed by atoms with E-state index in [1.807, 2.05) is 26.0 Å². The van der Waals surface area contributed by atoms with Crippen molar-refractivity contribution in [1.82, 2.24) is 10.2 Å². The molecule has 2 amide bonds. The lowest BCUT2D eigenvalue weighted by molar-refractivity contribution is -0.140. The summed E-state index contributed by atoms with van der Waals surface area (Å²) in [6.07, 6.45) is 0.0904. The smallest absolute Gasteiger partial charge is 0.242 e. The fourth-order valence-electron chi connectivity index (χ4n) is 2.65. The third-order valence-corrected chi connectivity index (χ3v) is 4.38. The minimum atomic E-state index is -0.643. The van der Waals surface area contributed by atoms with Gasteiger partial charge in [-0.1, -0.05) is 35.9 Å². The van der Waals surface area contributed by atoms with E-state index in [2.05, 4.69) is 5.32 Å². The largest absolute Gasteiger partial charge is 0.352 e. The average molecular weight is 391 g/mol. The summed E-state index contributed by atoms with van der Waals surface area (Å²) in [5.41, 5.74) is 1.56. The molecule has 1 atom stereocenters. The minimum Gasteiger partial charge on any atom is -0.352 e. The molecule has 0 aliphatic heterocycles. The molecule has 0 fully saturated rings. The van der Waals surface area contributed by atoms with Crippen molar-refractivity contribution in [3.05, 3.63) is 70.5 Å². The molecular formula is C21H24ClFN2O2. The number of carbonyl (C=O) groups is 2. The van der Waals surface area contributed by atoms with Gasteiger partial charge in [-0.2, -0.15) is 0 Å². The predicted molar refractivity (Wildman–Crippen MR) is 105 cm³/mol. The first-order chi connectivity index (χ1) is 12.8. The number of rotatable bonds is 7. The summed E-state index contributed by atoms with van der Waals surface area (Å²) in [6, 6.07) is 12.3. The summed E-state index contributed by atoms with van der Waals surface area (Å²) in [6.45, 7) is 5.73. The second kappa shape index (κ2) is 9.51. The highest BCUT2D eigenvalue weighted by Crippen LogP contribution is 2.15. The van der Waals surface area contributed by atoms with Crippen LogP contribution in [0.1, 0.15) is 31.9 Å². The zero-order valence-electron chi connectivity index (χ0n) is 15.7. The molecule has 4 nitrogen and oxygen atoms in total. The normalized spacial score (nSPS) is 11.9. The van der Waals surface area contributed by atoms with Crippen molar-refractivity contribution in [1.29, 1.82) is 0 Å². The van der Waals surface area contributed by atoms with Crippen LogP contribution in [0.2, 0.25) is 5.02 Å². The Labute approximate surface area is 164 Å². The number of hydrogen-bond donors (Lipinski definition) is 1. The fourth-order valence-corrected chi connectivity index (χ4v) is 2.78. The first kappa shape index (κ1) is 20.9. The van der Waals surface area contributed by atoms with Crippen LogP contribution < -0.4 is 5.32 Å². The Hall–Kier alpha value is -2.40. The molecule has 0 unspecified atom stereocenters. The molecule has 0 bridgehead atoms. The Balaban J connectivity index is 2.21. The molecule has 1 N–H and O–H groups in total. The van der Waals surface area contributed by atoms with E-state index in [4.69, 9.17) is 11.6 Å². The summed E-state index contributed by atoms with van der Waals surface area (Å²) in [5.74, 6) is -0.775. The van der Waals surface area contributed by atoms with Crippen LogP contribution in [0.25, 0.3) is 0 Å². The Morgan fingerprint density at radius 3 is 2.11 bits per heavy atom. The number of hydrogen-bond acceptors (Lipinski definition) is 2. The molecule has 0 heterocycles. The van der Waals surface area contributed by atoms with E-state index in [1.54, 1.807) is 31.2 Å². The van der Waals surface area contributed by atoms with Crippen LogP contribution in [0.4, 0.5) is 4.39 Å². The lowest BCUT2D eigenvalue weighted by Gasteiger charge is -2.29. The molecule has 0 aliphatic rings. The van der Waals surface area contributed by atoms with Crippen LogP contribution in [-0.4, -0.2) is 28.8 Å². The van der Waals surface area contributed by atoms with Crippen molar-refractivity contribution in [2.24, 2.45) is 0 Å². The number of amides is 2. The Morgan fingerprint density at radius 1 is 1.00 bits per heavy atom. The highest BCUT2D eigenvalue weighted by Gasteiger charge is 2.26. The molecule has 2 aromatic rings. The third kappa shape index (κ3) is 6.36. The predicted octanol–water partition coefficient (Wildman–Crippen LogP) is 3.96. The Bertz CT molecular complexity index is 776. The monoisotopic (exact) mass is 390 g/mol. The number of halogens is 2. The second-order valence-corrected chi connectivity index (χ2v) is 7.23. The molecule has 0 aliphatic carbocycles. The van der Waals surface area contributed by atoms with Gasteiger partial charge in [0.05, 0.1) is 6.42 Å². The summed E-state index contributed by atoms with van der Waals surface area (Å²) >= 11 is 5.93. The second-order valence-electron chi connectivity index (χ2n) is 6.79. The molecule has 0 radical (unpaired) electrons. The maximum absolute atomic E-state index is 13.1. The van der Waals surface area contributed by atoms with Crippen molar-refractivity contribution in [3.8, 4) is 0 Å². The van der Waals surface area contributed by atoms with Gasteiger partial charge in [-0.15, -0.1) is 0 Å². The molecule has 27 heavy (non-hydrogen) atoms. The van der Waals surface area contributed by atoms with Crippen LogP contribution in [-0.2, 0) is 22.6 Å².